The Labute approximate surface area is 143 Å². The van der Waals surface area contributed by atoms with Gasteiger partial charge in [-0.15, -0.1) is 10.2 Å². The molecule has 8 nitrogen and oxygen atoms in total. The number of pyridine rings is 1. The van der Waals surface area contributed by atoms with Gasteiger partial charge in [0.1, 0.15) is 17.1 Å². The first kappa shape index (κ1) is 16.6. The molecule has 3 aromatic rings. The fourth-order valence-corrected chi connectivity index (χ4v) is 2.46. The summed E-state index contributed by atoms with van der Waals surface area (Å²) >= 11 is 0. The largest absolute Gasteiger partial charge is 0.494 e. The fraction of sp³-hybridized carbons (Fsp3) is 0.235. The summed E-state index contributed by atoms with van der Waals surface area (Å²) in [7, 11) is 1.48. The number of benzene rings is 1. The van der Waals surface area contributed by atoms with Crippen LogP contribution < -0.4 is 4.74 Å². The van der Waals surface area contributed by atoms with E-state index >= 15 is 0 Å². The zero-order chi connectivity index (χ0) is 18.0. The van der Waals surface area contributed by atoms with E-state index in [1.807, 2.05) is 42.6 Å². The zero-order valence-electron chi connectivity index (χ0n) is 14.1. The maximum Gasteiger partial charge on any atom is 0.271 e. The van der Waals surface area contributed by atoms with Gasteiger partial charge in [-0.25, -0.2) is 4.98 Å². The van der Waals surface area contributed by atoms with Crippen LogP contribution in [0.3, 0.4) is 0 Å². The Morgan fingerprint density at radius 3 is 2.72 bits per heavy atom. The van der Waals surface area contributed by atoms with E-state index in [1.165, 1.54) is 25.3 Å². The minimum absolute atomic E-state index is 0.0722. The maximum atomic E-state index is 11.0. The highest BCUT2D eigenvalue weighted by atomic mass is 16.6. The molecule has 0 saturated carbocycles. The van der Waals surface area contributed by atoms with Gasteiger partial charge in [-0.2, -0.15) is 0 Å². The smallest absolute Gasteiger partial charge is 0.271 e. The van der Waals surface area contributed by atoms with E-state index in [0.717, 1.165) is 11.3 Å². The highest BCUT2D eigenvalue weighted by Crippen LogP contribution is 2.34. The van der Waals surface area contributed by atoms with E-state index in [9.17, 15) is 10.1 Å². The van der Waals surface area contributed by atoms with Crippen LogP contribution >= 0.6 is 0 Å². The van der Waals surface area contributed by atoms with Crippen LogP contribution in [0.2, 0.25) is 0 Å². The van der Waals surface area contributed by atoms with Crippen LogP contribution in [0, 0.1) is 10.1 Å². The van der Waals surface area contributed by atoms with Gasteiger partial charge in [-0.05, 0) is 24.1 Å². The first-order chi connectivity index (χ1) is 12.0. The van der Waals surface area contributed by atoms with E-state index < -0.39 is 4.92 Å². The molecular formula is C17H17N5O3. The number of hydrogen-bond donors (Lipinski definition) is 0. The van der Waals surface area contributed by atoms with Crippen molar-refractivity contribution in [3.8, 4) is 5.75 Å². The summed E-state index contributed by atoms with van der Waals surface area (Å²) in [6, 6.07) is 9.87. The summed E-state index contributed by atoms with van der Waals surface area (Å²) in [6.07, 6.45) is 1.85. The predicted octanol–water partition coefficient (Wildman–Crippen LogP) is 4.79. The third-order valence-corrected chi connectivity index (χ3v) is 3.70. The molecule has 128 valence electrons. The molecule has 8 heteroatoms. The number of non-ortho nitro benzene ring substituents is 1. The number of rotatable bonds is 5. The predicted molar refractivity (Wildman–Crippen MR) is 93.1 cm³/mol. The standard InChI is InChI=1S/C17H17N5O3/c1-11(2)16-17(21-9-5-4-6-15(21)18-16)20-19-13-10-12(22(23)24)7-8-14(13)25-3/h4-11H,1-3H3. The molecule has 0 spiro atoms. The summed E-state index contributed by atoms with van der Waals surface area (Å²) in [5.74, 6) is 1.16. The maximum absolute atomic E-state index is 11.0. The van der Waals surface area contributed by atoms with Crippen LogP contribution in [0.1, 0.15) is 25.5 Å². The molecule has 0 amide bonds. The number of aromatic nitrogens is 2. The van der Waals surface area contributed by atoms with Gasteiger partial charge in [0.25, 0.3) is 5.69 Å². The lowest BCUT2D eigenvalue weighted by Crippen LogP contribution is -1.90. The van der Waals surface area contributed by atoms with Crippen molar-refractivity contribution in [1.82, 2.24) is 9.38 Å². The van der Waals surface area contributed by atoms with Gasteiger partial charge < -0.3 is 4.74 Å². The Morgan fingerprint density at radius 2 is 2.04 bits per heavy atom. The zero-order valence-corrected chi connectivity index (χ0v) is 14.1. The topological polar surface area (TPSA) is 94.4 Å². The van der Waals surface area contributed by atoms with E-state index in [0.29, 0.717) is 11.6 Å². The number of ether oxygens (including phenoxy) is 1. The van der Waals surface area contributed by atoms with Gasteiger partial charge in [-0.1, -0.05) is 19.9 Å². The van der Waals surface area contributed by atoms with Crippen molar-refractivity contribution in [2.75, 3.05) is 7.11 Å². The molecule has 0 fully saturated rings. The average molecular weight is 339 g/mol. The van der Waals surface area contributed by atoms with Crippen molar-refractivity contribution < 1.29 is 9.66 Å². The van der Waals surface area contributed by atoms with Gasteiger partial charge in [-0.3, -0.25) is 14.5 Å². The summed E-state index contributed by atoms with van der Waals surface area (Å²) in [5.41, 5.74) is 1.79. The molecule has 25 heavy (non-hydrogen) atoms. The van der Waals surface area contributed by atoms with Crippen molar-refractivity contribution in [3.63, 3.8) is 0 Å². The Bertz CT molecular complexity index is 962. The van der Waals surface area contributed by atoms with Crippen LogP contribution in [-0.2, 0) is 0 Å². The molecule has 0 saturated heterocycles. The van der Waals surface area contributed by atoms with Crippen molar-refractivity contribution in [3.05, 3.63) is 58.4 Å². The highest BCUT2D eigenvalue weighted by molar-refractivity contribution is 5.58. The number of fused-ring (bicyclic) bond motifs is 1. The molecule has 3 rings (SSSR count). The Hall–Kier alpha value is -3.29. The highest BCUT2D eigenvalue weighted by Gasteiger charge is 2.16. The number of nitrogens with zero attached hydrogens (tertiary/aromatic N) is 5. The Morgan fingerprint density at radius 1 is 1.24 bits per heavy atom. The molecule has 0 aliphatic carbocycles. The number of azo groups is 1. The van der Waals surface area contributed by atoms with E-state index in [2.05, 4.69) is 15.2 Å². The summed E-state index contributed by atoms with van der Waals surface area (Å²) in [4.78, 5) is 15.1. The van der Waals surface area contributed by atoms with Crippen LogP contribution in [0.4, 0.5) is 17.2 Å². The van der Waals surface area contributed by atoms with E-state index in [4.69, 9.17) is 4.74 Å². The third-order valence-electron chi connectivity index (χ3n) is 3.70. The summed E-state index contributed by atoms with van der Waals surface area (Å²) in [6.45, 7) is 4.05. The molecule has 2 aromatic heterocycles. The Kier molecular flexibility index (Phi) is 4.42. The number of imidazole rings is 1. The fourth-order valence-electron chi connectivity index (χ4n) is 2.46. The molecule has 1 aromatic carbocycles. The van der Waals surface area contributed by atoms with Gasteiger partial charge in [0.2, 0.25) is 0 Å². The minimum Gasteiger partial charge on any atom is -0.494 e. The second kappa shape index (κ2) is 6.68. The normalized spacial score (nSPS) is 11.5. The molecule has 0 aliphatic rings. The lowest BCUT2D eigenvalue weighted by atomic mass is 10.1. The Balaban J connectivity index is 2.11. The van der Waals surface area contributed by atoms with Crippen molar-refractivity contribution in [1.29, 1.82) is 0 Å². The van der Waals surface area contributed by atoms with Crippen molar-refractivity contribution >= 4 is 22.8 Å². The quantitative estimate of drug-likeness (QED) is 0.379. The average Bonchev–Trinajstić information content (AvgIpc) is 2.98. The van der Waals surface area contributed by atoms with Gasteiger partial charge in [0.05, 0.1) is 17.7 Å². The third kappa shape index (κ3) is 3.18. The summed E-state index contributed by atoms with van der Waals surface area (Å²) in [5, 5.41) is 19.5. The molecule has 2 heterocycles. The molecule has 0 bridgehead atoms. The van der Waals surface area contributed by atoms with Gasteiger partial charge in [0.15, 0.2) is 5.82 Å². The monoisotopic (exact) mass is 339 g/mol. The SMILES string of the molecule is COc1ccc([N+](=O)[O-])cc1N=Nc1c(C(C)C)nc2ccccn12. The van der Waals surface area contributed by atoms with Crippen molar-refractivity contribution in [2.24, 2.45) is 10.2 Å². The molecule has 0 N–H and O–H groups in total. The summed E-state index contributed by atoms with van der Waals surface area (Å²) < 4.78 is 7.05. The van der Waals surface area contributed by atoms with Gasteiger partial charge >= 0.3 is 0 Å². The lowest BCUT2D eigenvalue weighted by molar-refractivity contribution is -0.384. The molecule has 0 unspecified atom stereocenters. The van der Waals surface area contributed by atoms with Crippen LogP contribution in [0.15, 0.2) is 52.8 Å². The minimum atomic E-state index is -0.480. The number of nitro benzene ring substituents is 1. The molecular weight excluding hydrogens is 322 g/mol. The van der Waals surface area contributed by atoms with Crippen LogP contribution in [0.25, 0.3) is 5.65 Å². The number of hydrogen-bond acceptors (Lipinski definition) is 6. The first-order valence-electron chi connectivity index (χ1n) is 7.72. The van der Waals surface area contributed by atoms with E-state index in [-0.39, 0.29) is 17.3 Å². The number of nitro groups is 1. The van der Waals surface area contributed by atoms with Crippen LogP contribution in [0.5, 0.6) is 5.75 Å². The van der Waals surface area contributed by atoms with Gasteiger partial charge in [0, 0.05) is 18.3 Å². The second-order valence-corrected chi connectivity index (χ2v) is 5.72. The molecule has 0 radical (unpaired) electrons. The first-order valence-corrected chi connectivity index (χ1v) is 7.72. The number of methoxy groups -OCH3 is 1. The lowest BCUT2D eigenvalue weighted by Gasteiger charge is -2.04. The second-order valence-electron chi connectivity index (χ2n) is 5.72. The van der Waals surface area contributed by atoms with Crippen LogP contribution in [-0.4, -0.2) is 21.4 Å². The molecule has 0 aliphatic heterocycles. The van der Waals surface area contributed by atoms with Crippen molar-refractivity contribution in [2.45, 2.75) is 19.8 Å². The van der Waals surface area contributed by atoms with E-state index in [1.54, 1.807) is 0 Å². The molecule has 0 atom stereocenters.